The fourth-order valence-corrected chi connectivity index (χ4v) is 2.54. The van der Waals surface area contributed by atoms with Crippen LogP contribution in [0.1, 0.15) is 59.3 Å². The quantitative estimate of drug-likeness (QED) is 0.430. The molecule has 0 aromatic heterocycles. The maximum Gasteiger partial charge on any atom is 0.222 e. The molecule has 3 unspecified atom stereocenters. The third-order valence-corrected chi connectivity index (χ3v) is 3.64. The predicted molar refractivity (Wildman–Crippen MR) is 94.2 cm³/mol. The fourth-order valence-electron chi connectivity index (χ4n) is 2.54. The highest BCUT2D eigenvalue weighted by Crippen LogP contribution is 2.08. The van der Waals surface area contributed by atoms with Crippen molar-refractivity contribution in [2.75, 3.05) is 0 Å². The van der Waals surface area contributed by atoms with Crippen molar-refractivity contribution in [2.45, 2.75) is 71.4 Å². The Bertz CT molecular complexity index is 532. The molecule has 8 heteroatoms. The van der Waals surface area contributed by atoms with Gasteiger partial charge in [0.05, 0.1) is 0 Å². The first-order valence-electron chi connectivity index (χ1n) is 8.62. The summed E-state index contributed by atoms with van der Waals surface area (Å²) in [5, 5.41) is 5.23. The monoisotopic (exact) mass is 368 g/mol. The molecule has 0 aromatic rings. The third kappa shape index (κ3) is 12.0. The maximum absolute atomic E-state index is 12.2. The van der Waals surface area contributed by atoms with E-state index in [1.54, 1.807) is 6.92 Å². The van der Waals surface area contributed by atoms with Crippen LogP contribution in [0.15, 0.2) is 0 Å². The predicted octanol–water partition coefficient (Wildman–Crippen LogP) is 0.509. The van der Waals surface area contributed by atoms with E-state index in [1.807, 2.05) is 0 Å². The molecule has 2 N–H and O–H groups in total. The second-order valence-corrected chi connectivity index (χ2v) is 6.66. The van der Waals surface area contributed by atoms with Crippen LogP contribution in [0.25, 0.3) is 0 Å². The summed E-state index contributed by atoms with van der Waals surface area (Å²) in [4.78, 5) is 67.9. The van der Waals surface area contributed by atoms with Crippen LogP contribution in [0.2, 0.25) is 0 Å². The summed E-state index contributed by atoms with van der Waals surface area (Å²) in [6, 6.07) is -1.28. The minimum absolute atomic E-state index is 0.00766. The van der Waals surface area contributed by atoms with Crippen LogP contribution in [0.5, 0.6) is 0 Å². The molecule has 0 spiro atoms. The van der Waals surface area contributed by atoms with Gasteiger partial charge in [-0.3, -0.25) is 19.2 Å². The number of carbonyl (C=O) groups excluding carboxylic acids is 6. The molecule has 0 rings (SSSR count). The summed E-state index contributed by atoms with van der Waals surface area (Å²) in [5.41, 5.74) is 0. The van der Waals surface area contributed by atoms with Crippen LogP contribution in [-0.4, -0.2) is 48.0 Å². The number of nitrogens with one attached hydrogen (secondary N) is 2. The minimum atomic E-state index is -0.683. The Morgan fingerprint density at radius 2 is 1.19 bits per heavy atom. The van der Waals surface area contributed by atoms with E-state index in [0.717, 1.165) is 6.29 Å². The van der Waals surface area contributed by atoms with Gasteiger partial charge in [0.15, 0.2) is 0 Å². The molecule has 0 aliphatic rings. The number of aldehydes is 2. The zero-order valence-electron chi connectivity index (χ0n) is 15.6. The molecule has 26 heavy (non-hydrogen) atoms. The molecule has 0 saturated carbocycles. The molecule has 2 amide bonds. The lowest BCUT2D eigenvalue weighted by Gasteiger charge is -2.20. The zero-order valence-corrected chi connectivity index (χ0v) is 15.6. The highest BCUT2D eigenvalue weighted by Gasteiger charge is 2.21. The van der Waals surface area contributed by atoms with Gasteiger partial charge in [-0.25, -0.2) is 0 Å². The van der Waals surface area contributed by atoms with Gasteiger partial charge in [0.2, 0.25) is 11.8 Å². The lowest BCUT2D eigenvalue weighted by atomic mass is 10.0. The molecular formula is C18H28N2O6. The first-order chi connectivity index (χ1) is 12.2. The molecule has 0 heterocycles. The van der Waals surface area contributed by atoms with E-state index in [1.165, 1.54) is 13.8 Å². The first-order valence-corrected chi connectivity index (χ1v) is 8.62. The molecule has 0 bridgehead atoms. The van der Waals surface area contributed by atoms with Crippen molar-refractivity contribution in [2.24, 2.45) is 5.92 Å². The molecule has 0 fully saturated rings. The summed E-state index contributed by atoms with van der Waals surface area (Å²) in [7, 11) is 0. The van der Waals surface area contributed by atoms with Crippen LogP contribution < -0.4 is 10.6 Å². The van der Waals surface area contributed by atoms with Crippen molar-refractivity contribution in [1.82, 2.24) is 10.6 Å². The van der Waals surface area contributed by atoms with E-state index in [9.17, 15) is 28.8 Å². The Balaban J connectivity index is 4.76. The number of carbonyl (C=O) groups is 6. The van der Waals surface area contributed by atoms with Crippen LogP contribution in [0, 0.1) is 5.92 Å². The molecular weight excluding hydrogens is 340 g/mol. The van der Waals surface area contributed by atoms with Gasteiger partial charge < -0.3 is 20.2 Å². The maximum atomic E-state index is 12.2. The van der Waals surface area contributed by atoms with E-state index in [4.69, 9.17) is 0 Å². The normalized spacial score (nSPS) is 13.8. The molecule has 146 valence electrons. The summed E-state index contributed by atoms with van der Waals surface area (Å²) in [6.07, 6.45) is 1.64. The van der Waals surface area contributed by atoms with Gasteiger partial charge in [-0.15, -0.1) is 0 Å². The van der Waals surface area contributed by atoms with Gasteiger partial charge in [0.25, 0.3) is 0 Å². The SMILES string of the molecule is CC(=O)CC(CC=O)NC(=O)CC(CC(C)=O)NC(=O)CC(C)CC=O. The number of Topliss-reactive ketones (excluding diaryl/α,β-unsaturated/α-hetero) is 2. The number of rotatable bonds is 14. The topological polar surface area (TPSA) is 126 Å². The third-order valence-electron chi connectivity index (χ3n) is 3.64. The highest BCUT2D eigenvalue weighted by atomic mass is 16.2. The zero-order chi connectivity index (χ0) is 20.1. The second-order valence-electron chi connectivity index (χ2n) is 6.66. The van der Waals surface area contributed by atoms with Crippen molar-refractivity contribution in [3.05, 3.63) is 0 Å². The van der Waals surface area contributed by atoms with Crippen LogP contribution in [0.4, 0.5) is 0 Å². The largest absolute Gasteiger partial charge is 0.352 e. The number of hydrogen-bond acceptors (Lipinski definition) is 6. The Morgan fingerprint density at radius 1 is 0.731 bits per heavy atom. The van der Waals surface area contributed by atoms with Crippen LogP contribution in [-0.2, 0) is 28.8 Å². The molecule has 0 aliphatic heterocycles. The second kappa shape index (κ2) is 12.9. The molecule has 0 aliphatic carbocycles. The van der Waals surface area contributed by atoms with E-state index in [-0.39, 0.29) is 61.9 Å². The van der Waals surface area contributed by atoms with Gasteiger partial charge in [-0.1, -0.05) is 6.92 Å². The number of hydrogen-bond donors (Lipinski definition) is 2. The van der Waals surface area contributed by atoms with E-state index in [2.05, 4.69) is 10.6 Å². The molecule has 8 nitrogen and oxygen atoms in total. The summed E-state index contributed by atoms with van der Waals surface area (Å²) in [5.74, 6) is -1.27. The summed E-state index contributed by atoms with van der Waals surface area (Å²) < 4.78 is 0. The number of ketones is 2. The molecule has 0 radical (unpaired) electrons. The molecule has 0 saturated heterocycles. The van der Waals surface area contributed by atoms with Gasteiger partial charge in [0, 0.05) is 50.6 Å². The summed E-state index contributed by atoms with van der Waals surface area (Å²) >= 11 is 0. The van der Waals surface area contributed by atoms with Gasteiger partial charge in [-0.05, 0) is 19.8 Å². The molecule has 3 atom stereocenters. The first kappa shape index (κ1) is 23.6. The van der Waals surface area contributed by atoms with Crippen LogP contribution >= 0.6 is 0 Å². The Hall–Kier alpha value is -2.38. The van der Waals surface area contributed by atoms with Crippen molar-refractivity contribution >= 4 is 36.0 Å². The van der Waals surface area contributed by atoms with E-state index >= 15 is 0 Å². The summed E-state index contributed by atoms with van der Waals surface area (Å²) in [6.45, 7) is 4.48. The average molecular weight is 368 g/mol. The Labute approximate surface area is 153 Å². The van der Waals surface area contributed by atoms with Crippen molar-refractivity contribution < 1.29 is 28.8 Å². The van der Waals surface area contributed by atoms with E-state index < -0.39 is 18.0 Å². The highest BCUT2D eigenvalue weighted by molar-refractivity contribution is 5.84. The van der Waals surface area contributed by atoms with Gasteiger partial charge in [-0.2, -0.15) is 0 Å². The van der Waals surface area contributed by atoms with Crippen LogP contribution in [0.3, 0.4) is 0 Å². The van der Waals surface area contributed by atoms with Crippen molar-refractivity contribution in [1.29, 1.82) is 0 Å². The van der Waals surface area contributed by atoms with Crippen molar-refractivity contribution in [3.8, 4) is 0 Å². The lowest BCUT2D eigenvalue weighted by Crippen LogP contribution is -2.43. The molecule has 0 aromatic carbocycles. The Kier molecular flexibility index (Phi) is 11.7. The van der Waals surface area contributed by atoms with Gasteiger partial charge in [0.1, 0.15) is 24.1 Å². The Morgan fingerprint density at radius 3 is 1.69 bits per heavy atom. The minimum Gasteiger partial charge on any atom is -0.352 e. The standard InChI is InChI=1S/C18H28N2O6/c1-12(4-6-21)8-17(25)20-16(10-14(3)24)11-18(26)19-15(5-7-22)9-13(2)23/h6-7,12,15-16H,4-5,8-11H2,1-3H3,(H,19,26)(H,20,25). The fraction of sp³-hybridized carbons (Fsp3) is 0.667. The average Bonchev–Trinajstić information content (AvgIpc) is 2.45. The number of amides is 2. The van der Waals surface area contributed by atoms with Gasteiger partial charge >= 0.3 is 0 Å². The smallest absolute Gasteiger partial charge is 0.222 e. The lowest BCUT2D eigenvalue weighted by molar-refractivity contribution is -0.125. The van der Waals surface area contributed by atoms with E-state index in [0.29, 0.717) is 6.29 Å². The van der Waals surface area contributed by atoms with Crippen molar-refractivity contribution in [3.63, 3.8) is 0 Å².